The maximum Gasteiger partial charge on any atom is 0.271 e. The number of hydrogen-bond donors (Lipinski definition) is 1. The van der Waals surface area contributed by atoms with Crippen molar-refractivity contribution in [1.29, 1.82) is 0 Å². The van der Waals surface area contributed by atoms with E-state index in [2.05, 4.69) is 10.3 Å². The van der Waals surface area contributed by atoms with E-state index in [1.807, 2.05) is 42.5 Å². The molecule has 0 saturated heterocycles. The minimum Gasteiger partial charge on any atom is -0.497 e. The van der Waals surface area contributed by atoms with E-state index in [0.29, 0.717) is 59.7 Å². The second-order valence-corrected chi connectivity index (χ2v) is 10.3. The second kappa shape index (κ2) is 11.4. The molecule has 0 radical (unpaired) electrons. The average Bonchev–Trinajstić information content (AvgIpc) is 3.26. The monoisotopic (exact) mass is 575 g/mol. The van der Waals surface area contributed by atoms with Gasteiger partial charge in [0, 0.05) is 5.69 Å². The Labute approximate surface area is 239 Å². The Morgan fingerprint density at radius 1 is 1.02 bits per heavy atom. The molecule has 204 valence electrons. The minimum absolute atomic E-state index is 0.292. The number of rotatable bonds is 7. The highest BCUT2D eigenvalue weighted by Gasteiger charge is 2.32. The number of amides is 1. The topological polar surface area (TPSA) is 91.2 Å². The number of fused-ring (bicyclic) bond motifs is 1. The Balaban J connectivity index is 1.69. The van der Waals surface area contributed by atoms with Gasteiger partial charge in [0.2, 0.25) is 0 Å². The maximum atomic E-state index is 14.0. The van der Waals surface area contributed by atoms with Crippen molar-refractivity contribution in [3.63, 3.8) is 0 Å². The highest BCUT2D eigenvalue weighted by atomic mass is 35.5. The number of anilines is 1. The summed E-state index contributed by atoms with van der Waals surface area (Å²) >= 11 is 7.64. The molecule has 8 nitrogen and oxygen atoms in total. The van der Waals surface area contributed by atoms with Gasteiger partial charge in [0.25, 0.3) is 11.5 Å². The zero-order valence-electron chi connectivity index (χ0n) is 22.2. The van der Waals surface area contributed by atoms with E-state index in [4.69, 9.17) is 25.8 Å². The summed E-state index contributed by atoms with van der Waals surface area (Å²) in [5, 5.41) is 3.30. The van der Waals surface area contributed by atoms with Crippen LogP contribution in [0, 0.1) is 0 Å². The van der Waals surface area contributed by atoms with Crippen molar-refractivity contribution in [3.8, 4) is 17.2 Å². The number of carbonyl (C=O) groups is 1. The van der Waals surface area contributed by atoms with Crippen molar-refractivity contribution >= 4 is 40.6 Å². The molecule has 0 fully saturated rings. The number of nitrogens with zero attached hydrogens (tertiary/aromatic N) is 2. The van der Waals surface area contributed by atoms with Crippen LogP contribution in [-0.2, 0) is 4.79 Å². The maximum absolute atomic E-state index is 14.0. The van der Waals surface area contributed by atoms with E-state index in [1.54, 1.807) is 48.9 Å². The smallest absolute Gasteiger partial charge is 0.271 e. The predicted molar refractivity (Wildman–Crippen MR) is 156 cm³/mol. The van der Waals surface area contributed by atoms with Crippen LogP contribution < -0.4 is 34.4 Å². The molecule has 10 heteroatoms. The molecule has 1 aliphatic rings. The number of allylic oxidation sites excluding steroid dienone is 1. The Bertz CT molecular complexity index is 1810. The lowest BCUT2D eigenvalue weighted by Gasteiger charge is -2.25. The van der Waals surface area contributed by atoms with Gasteiger partial charge < -0.3 is 19.5 Å². The number of benzene rings is 3. The zero-order valence-corrected chi connectivity index (χ0v) is 23.8. The largest absolute Gasteiger partial charge is 0.497 e. The number of carbonyl (C=O) groups excluding carboxylic acids is 1. The third-order valence-electron chi connectivity index (χ3n) is 6.46. The van der Waals surface area contributed by atoms with Crippen LogP contribution in [0.15, 0.2) is 87.8 Å². The SMILES string of the molecule is COc1cccc([C@@H]2C(C(=O)Nc3ccccc3)=C(C)N=c3s/c(=C\c4cc(Cl)c(OC)c(OC)c4)c(=O)n32)c1. The lowest BCUT2D eigenvalue weighted by atomic mass is 9.95. The predicted octanol–water partition coefficient (Wildman–Crippen LogP) is 4.55. The fraction of sp³-hybridized carbons (Fsp3) is 0.167. The van der Waals surface area contributed by atoms with Gasteiger partial charge in [-0.3, -0.25) is 14.2 Å². The lowest BCUT2D eigenvalue weighted by molar-refractivity contribution is -0.113. The van der Waals surface area contributed by atoms with Gasteiger partial charge in [-0.05, 0) is 60.5 Å². The normalized spacial score (nSPS) is 14.8. The van der Waals surface area contributed by atoms with Gasteiger partial charge in [-0.1, -0.05) is 53.3 Å². The lowest BCUT2D eigenvalue weighted by Crippen LogP contribution is -2.40. The van der Waals surface area contributed by atoms with E-state index in [0.717, 1.165) is 0 Å². The summed E-state index contributed by atoms with van der Waals surface area (Å²) in [7, 11) is 4.60. The van der Waals surface area contributed by atoms with Gasteiger partial charge in [-0.2, -0.15) is 0 Å². The molecule has 1 aromatic heterocycles. The molecule has 40 heavy (non-hydrogen) atoms. The third kappa shape index (κ3) is 5.13. The van der Waals surface area contributed by atoms with Crippen LogP contribution in [-0.4, -0.2) is 31.8 Å². The van der Waals surface area contributed by atoms with Crippen molar-refractivity contribution in [2.24, 2.45) is 4.99 Å². The number of ether oxygens (including phenoxy) is 3. The first-order valence-corrected chi connectivity index (χ1v) is 13.5. The standard InChI is InChI=1S/C30H26ClN3O5S/c1-17-25(28(35)33-20-10-6-5-7-11-20)26(19-9-8-12-21(16-19)37-2)34-29(36)24(40-30(34)32-17)15-18-13-22(31)27(39-4)23(14-18)38-3/h5-16,26H,1-4H3,(H,33,35)/b24-15-/t26-/m1/s1. The summed E-state index contributed by atoms with van der Waals surface area (Å²) < 4.78 is 18.2. The Kier molecular flexibility index (Phi) is 7.77. The molecule has 4 aromatic rings. The number of methoxy groups -OCH3 is 3. The number of para-hydroxylation sites is 1. The first-order valence-electron chi connectivity index (χ1n) is 12.3. The third-order valence-corrected chi connectivity index (χ3v) is 7.72. The van der Waals surface area contributed by atoms with E-state index < -0.39 is 6.04 Å². The molecular weight excluding hydrogens is 550 g/mol. The molecule has 1 N–H and O–H groups in total. The summed E-state index contributed by atoms with van der Waals surface area (Å²) in [5.74, 6) is 1.11. The second-order valence-electron chi connectivity index (χ2n) is 8.92. The molecule has 0 saturated carbocycles. The van der Waals surface area contributed by atoms with Crippen LogP contribution in [0.3, 0.4) is 0 Å². The van der Waals surface area contributed by atoms with Crippen molar-refractivity contribution in [2.75, 3.05) is 26.6 Å². The fourth-order valence-corrected chi connectivity index (χ4v) is 5.97. The molecule has 0 unspecified atom stereocenters. The van der Waals surface area contributed by atoms with Crippen LogP contribution in [0.25, 0.3) is 6.08 Å². The minimum atomic E-state index is -0.730. The number of halogens is 1. The summed E-state index contributed by atoms with van der Waals surface area (Å²) in [5.41, 5.74) is 2.60. The summed E-state index contributed by atoms with van der Waals surface area (Å²) in [6.07, 6.45) is 1.73. The first-order chi connectivity index (χ1) is 19.3. The number of aromatic nitrogens is 1. The van der Waals surface area contributed by atoms with Gasteiger partial charge in [0.05, 0.1) is 48.2 Å². The highest BCUT2D eigenvalue weighted by molar-refractivity contribution is 7.07. The quantitative estimate of drug-likeness (QED) is 0.349. The van der Waals surface area contributed by atoms with E-state index in [1.165, 1.54) is 25.6 Å². The molecule has 1 atom stereocenters. The highest BCUT2D eigenvalue weighted by Crippen LogP contribution is 2.36. The first kappa shape index (κ1) is 27.2. The van der Waals surface area contributed by atoms with Gasteiger partial charge in [0.15, 0.2) is 16.3 Å². The summed E-state index contributed by atoms with van der Waals surface area (Å²) in [4.78, 5) is 32.8. The summed E-state index contributed by atoms with van der Waals surface area (Å²) in [6.45, 7) is 1.78. The van der Waals surface area contributed by atoms with E-state index in [9.17, 15) is 9.59 Å². The molecule has 2 heterocycles. The van der Waals surface area contributed by atoms with Gasteiger partial charge in [-0.15, -0.1) is 0 Å². The van der Waals surface area contributed by atoms with Crippen molar-refractivity contribution in [2.45, 2.75) is 13.0 Å². The number of hydrogen-bond acceptors (Lipinski definition) is 7. The van der Waals surface area contributed by atoms with Crippen LogP contribution in [0.4, 0.5) is 5.69 Å². The van der Waals surface area contributed by atoms with Crippen LogP contribution in [0.1, 0.15) is 24.1 Å². The van der Waals surface area contributed by atoms with Crippen molar-refractivity contribution in [3.05, 3.63) is 114 Å². The van der Waals surface area contributed by atoms with Crippen molar-refractivity contribution < 1.29 is 19.0 Å². The Hall–Kier alpha value is -4.34. The van der Waals surface area contributed by atoms with Crippen molar-refractivity contribution in [1.82, 2.24) is 4.57 Å². The molecule has 0 spiro atoms. The summed E-state index contributed by atoms with van der Waals surface area (Å²) in [6, 6.07) is 19.2. The Morgan fingerprint density at radius 2 is 1.80 bits per heavy atom. The van der Waals surface area contributed by atoms with E-state index in [-0.39, 0.29) is 11.5 Å². The van der Waals surface area contributed by atoms with Crippen LogP contribution >= 0.6 is 22.9 Å². The fourth-order valence-electron chi connectivity index (χ4n) is 4.63. The number of thiazole rings is 1. The molecule has 0 bridgehead atoms. The molecular formula is C30H26ClN3O5S. The van der Waals surface area contributed by atoms with Gasteiger partial charge >= 0.3 is 0 Å². The average molecular weight is 576 g/mol. The molecule has 5 rings (SSSR count). The zero-order chi connectivity index (χ0) is 28.4. The molecule has 1 aliphatic heterocycles. The van der Waals surface area contributed by atoms with E-state index >= 15 is 0 Å². The van der Waals surface area contributed by atoms with Crippen LogP contribution in [0.5, 0.6) is 17.2 Å². The molecule has 3 aromatic carbocycles. The Morgan fingerprint density at radius 3 is 2.50 bits per heavy atom. The number of nitrogens with one attached hydrogen (secondary N) is 1. The van der Waals surface area contributed by atoms with Gasteiger partial charge in [-0.25, -0.2) is 4.99 Å². The molecule has 0 aliphatic carbocycles. The molecule has 1 amide bonds. The van der Waals surface area contributed by atoms with Crippen LogP contribution in [0.2, 0.25) is 5.02 Å². The van der Waals surface area contributed by atoms with Gasteiger partial charge in [0.1, 0.15) is 5.75 Å².